The molecule has 0 aliphatic carbocycles. The summed E-state index contributed by atoms with van der Waals surface area (Å²) in [5.74, 6) is 0. The molecule has 0 N–H and O–H groups in total. The van der Waals surface area contributed by atoms with E-state index in [1.165, 1.54) is 27.9 Å². The van der Waals surface area contributed by atoms with E-state index in [9.17, 15) is 0 Å². The van der Waals surface area contributed by atoms with Crippen molar-refractivity contribution in [2.75, 3.05) is 11.4 Å². The highest BCUT2D eigenvalue weighted by Gasteiger charge is 2.12. The summed E-state index contributed by atoms with van der Waals surface area (Å²) in [5, 5.41) is 0. The van der Waals surface area contributed by atoms with Crippen LogP contribution in [0.15, 0.2) is 38.2 Å². The van der Waals surface area contributed by atoms with Crippen LogP contribution < -0.4 is 4.90 Å². The second kappa shape index (κ2) is 8.30. The highest BCUT2D eigenvalue weighted by Crippen LogP contribution is 2.33. The molecule has 2 aromatic carbocycles. The molecule has 128 valence electrons. The molecule has 0 amide bonds. The molecule has 0 bridgehead atoms. The first-order valence-electron chi connectivity index (χ1n) is 8.17. The standard InChI is InChI=1S/C20H24Br2N2/c1-6-7-24(20-16(5)9-14(3)11-18(20)22)12-23-19-15(4)8-13(2)10-17(19)21/h8-12H,6-7H2,1-5H3. The molecule has 2 aromatic rings. The Morgan fingerprint density at radius 2 is 1.50 bits per heavy atom. The van der Waals surface area contributed by atoms with Gasteiger partial charge in [0.05, 0.1) is 17.7 Å². The van der Waals surface area contributed by atoms with Crippen LogP contribution in [0.5, 0.6) is 0 Å². The summed E-state index contributed by atoms with van der Waals surface area (Å²) < 4.78 is 2.15. The second-order valence-corrected chi connectivity index (χ2v) is 7.97. The monoisotopic (exact) mass is 450 g/mol. The Hall–Kier alpha value is -1.13. The maximum absolute atomic E-state index is 4.78. The van der Waals surface area contributed by atoms with Gasteiger partial charge in [0.2, 0.25) is 0 Å². The molecule has 0 heterocycles. The number of aryl methyl sites for hydroxylation is 4. The number of halogens is 2. The maximum Gasteiger partial charge on any atom is 0.0957 e. The third-order valence-electron chi connectivity index (χ3n) is 3.87. The SMILES string of the molecule is CCCN(C=Nc1c(C)cc(C)cc1Br)c1c(C)cc(C)cc1Br. The molecule has 0 radical (unpaired) electrons. The highest BCUT2D eigenvalue weighted by atomic mass is 79.9. The van der Waals surface area contributed by atoms with E-state index in [0.717, 1.165) is 27.6 Å². The van der Waals surface area contributed by atoms with Crippen molar-refractivity contribution in [2.24, 2.45) is 4.99 Å². The Bertz CT molecular complexity index is 720. The summed E-state index contributed by atoms with van der Waals surface area (Å²) in [6.45, 7) is 11.6. The summed E-state index contributed by atoms with van der Waals surface area (Å²) in [4.78, 5) is 7.01. The van der Waals surface area contributed by atoms with Gasteiger partial charge in [-0.05, 0) is 100 Å². The van der Waals surface area contributed by atoms with Crippen molar-refractivity contribution in [1.29, 1.82) is 0 Å². The first-order valence-corrected chi connectivity index (χ1v) is 9.76. The lowest BCUT2D eigenvalue weighted by Crippen LogP contribution is -2.23. The van der Waals surface area contributed by atoms with Gasteiger partial charge >= 0.3 is 0 Å². The van der Waals surface area contributed by atoms with Crippen LogP contribution in [0.25, 0.3) is 0 Å². The number of anilines is 1. The van der Waals surface area contributed by atoms with Crippen molar-refractivity contribution in [2.45, 2.75) is 41.0 Å². The van der Waals surface area contributed by atoms with Gasteiger partial charge in [-0.2, -0.15) is 0 Å². The van der Waals surface area contributed by atoms with Crippen molar-refractivity contribution in [3.8, 4) is 0 Å². The van der Waals surface area contributed by atoms with Crippen LogP contribution in [0.2, 0.25) is 0 Å². The summed E-state index contributed by atoms with van der Waals surface area (Å²) in [7, 11) is 0. The Morgan fingerprint density at radius 3 is 2.04 bits per heavy atom. The third-order valence-corrected chi connectivity index (χ3v) is 5.08. The lowest BCUT2D eigenvalue weighted by molar-refractivity contribution is 0.905. The molecule has 2 nitrogen and oxygen atoms in total. The molecule has 0 fully saturated rings. The number of hydrogen-bond donors (Lipinski definition) is 0. The van der Waals surface area contributed by atoms with Crippen molar-refractivity contribution >= 4 is 49.6 Å². The zero-order valence-electron chi connectivity index (χ0n) is 15.0. The molecule has 0 saturated carbocycles. The van der Waals surface area contributed by atoms with Gasteiger partial charge in [-0.1, -0.05) is 19.1 Å². The van der Waals surface area contributed by atoms with Crippen LogP contribution in [-0.2, 0) is 0 Å². The van der Waals surface area contributed by atoms with Crippen molar-refractivity contribution < 1.29 is 0 Å². The number of hydrogen-bond acceptors (Lipinski definition) is 1. The van der Waals surface area contributed by atoms with E-state index in [0.29, 0.717) is 0 Å². The molecule has 0 aromatic heterocycles. The first-order chi connectivity index (χ1) is 11.3. The van der Waals surface area contributed by atoms with Crippen molar-refractivity contribution in [3.63, 3.8) is 0 Å². The molecule has 0 aliphatic rings. The molecule has 24 heavy (non-hydrogen) atoms. The Balaban J connectivity index is 2.43. The normalized spacial score (nSPS) is 11.3. The van der Waals surface area contributed by atoms with Crippen molar-refractivity contribution in [3.05, 3.63) is 55.5 Å². The van der Waals surface area contributed by atoms with Crippen LogP contribution in [0.3, 0.4) is 0 Å². The number of benzene rings is 2. The summed E-state index contributed by atoms with van der Waals surface area (Å²) >= 11 is 7.36. The lowest BCUT2D eigenvalue weighted by Gasteiger charge is -2.23. The van der Waals surface area contributed by atoms with Gasteiger partial charge in [0.25, 0.3) is 0 Å². The van der Waals surface area contributed by atoms with Gasteiger partial charge in [-0.25, -0.2) is 4.99 Å². The average molecular weight is 452 g/mol. The summed E-state index contributed by atoms with van der Waals surface area (Å²) in [6.07, 6.45) is 3.01. The minimum atomic E-state index is 0.925. The fourth-order valence-corrected chi connectivity index (χ4v) is 4.62. The fourth-order valence-electron chi connectivity index (χ4n) is 2.94. The van der Waals surface area contributed by atoms with Gasteiger partial charge in [0.1, 0.15) is 0 Å². The van der Waals surface area contributed by atoms with Crippen LogP contribution in [0.4, 0.5) is 11.4 Å². The zero-order chi connectivity index (χ0) is 17.9. The molecule has 0 unspecified atom stereocenters. The smallest absolute Gasteiger partial charge is 0.0957 e. The van der Waals surface area contributed by atoms with Crippen LogP contribution in [0, 0.1) is 27.7 Å². The van der Waals surface area contributed by atoms with Gasteiger partial charge in [-0.15, -0.1) is 0 Å². The Morgan fingerprint density at radius 1 is 0.917 bits per heavy atom. The van der Waals surface area contributed by atoms with E-state index in [1.54, 1.807) is 0 Å². The van der Waals surface area contributed by atoms with Crippen molar-refractivity contribution in [1.82, 2.24) is 0 Å². The minimum Gasteiger partial charge on any atom is -0.331 e. The predicted molar refractivity (Wildman–Crippen MR) is 113 cm³/mol. The van der Waals surface area contributed by atoms with Crippen LogP contribution in [-0.4, -0.2) is 12.9 Å². The topological polar surface area (TPSA) is 15.6 Å². The second-order valence-electron chi connectivity index (χ2n) is 6.26. The van der Waals surface area contributed by atoms with E-state index < -0.39 is 0 Å². The van der Waals surface area contributed by atoms with E-state index in [2.05, 4.69) is 95.6 Å². The largest absolute Gasteiger partial charge is 0.331 e. The van der Waals surface area contributed by atoms with Gasteiger partial charge in [0, 0.05) is 15.5 Å². The average Bonchev–Trinajstić information content (AvgIpc) is 2.44. The first kappa shape index (κ1) is 19.2. The molecule has 0 spiro atoms. The van der Waals surface area contributed by atoms with E-state index in [-0.39, 0.29) is 0 Å². The van der Waals surface area contributed by atoms with E-state index in [4.69, 9.17) is 4.99 Å². The number of nitrogens with zero attached hydrogens (tertiary/aromatic N) is 2. The summed E-state index contributed by atoms with van der Waals surface area (Å²) in [5.41, 5.74) is 7.10. The number of aliphatic imine (C=N–C) groups is 1. The van der Waals surface area contributed by atoms with Gasteiger partial charge in [0.15, 0.2) is 0 Å². The van der Waals surface area contributed by atoms with Gasteiger partial charge < -0.3 is 4.90 Å². The fraction of sp³-hybridized carbons (Fsp3) is 0.350. The quantitative estimate of drug-likeness (QED) is 0.352. The Kier molecular flexibility index (Phi) is 6.64. The Labute approximate surface area is 162 Å². The van der Waals surface area contributed by atoms with Crippen LogP contribution in [0.1, 0.15) is 35.6 Å². The zero-order valence-corrected chi connectivity index (χ0v) is 18.1. The predicted octanol–water partition coefficient (Wildman–Crippen LogP) is 7.02. The highest BCUT2D eigenvalue weighted by molar-refractivity contribution is 9.11. The van der Waals surface area contributed by atoms with Crippen LogP contribution >= 0.6 is 31.9 Å². The summed E-state index contributed by atoms with van der Waals surface area (Å²) in [6, 6.07) is 8.64. The minimum absolute atomic E-state index is 0.925. The molecule has 0 saturated heterocycles. The molecule has 2 rings (SSSR count). The van der Waals surface area contributed by atoms with Gasteiger partial charge in [-0.3, -0.25) is 0 Å². The third kappa shape index (κ3) is 4.48. The molecule has 4 heteroatoms. The molecule has 0 atom stereocenters. The molecular formula is C20H24Br2N2. The molecular weight excluding hydrogens is 428 g/mol. The van der Waals surface area contributed by atoms with E-state index >= 15 is 0 Å². The maximum atomic E-state index is 4.78. The van der Waals surface area contributed by atoms with E-state index in [1.807, 2.05) is 6.34 Å². The lowest BCUT2D eigenvalue weighted by atomic mass is 10.1. The number of rotatable bonds is 5. The molecule has 0 aliphatic heterocycles.